The van der Waals surface area contributed by atoms with Crippen molar-refractivity contribution in [1.82, 2.24) is 4.90 Å². The standard InChI is InChI=1S/C19H20FNO2/c1-14(16-7-9-17(20)10-8-16)21(2)19(22)13-6-15-4-11-18(23-3)12-5-15/h4-14H,1-3H3/b13-6+. The van der Waals surface area contributed by atoms with Crippen LogP contribution in [0, 0.1) is 5.82 Å². The van der Waals surface area contributed by atoms with Crippen LogP contribution >= 0.6 is 0 Å². The van der Waals surface area contributed by atoms with Gasteiger partial charge in [-0.1, -0.05) is 24.3 Å². The van der Waals surface area contributed by atoms with Crippen LogP contribution in [0.3, 0.4) is 0 Å². The van der Waals surface area contributed by atoms with E-state index in [1.165, 1.54) is 18.2 Å². The second kappa shape index (κ2) is 7.58. The number of halogens is 1. The SMILES string of the molecule is COc1ccc(/C=C/C(=O)N(C)C(C)c2ccc(F)cc2)cc1. The van der Waals surface area contributed by atoms with E-state index in [1.807, 2.05) is 31.2 Å². The topological polar surface area (TPSA) is 29.5 Å². The number of hydrogen-bond donors (Lipinski definition) is 0. The third-order valence-corrected chi connectivity index (χ3v) is 3.82. The molecule has 2 rings (SSSR count). The number of likely N-dealkylation sites (N-methyl/N-ethyl adjacent to an activating group) is 1. The van der Waals surface area contributed by atoms with Gasteiger partial charge in [-0.2, -0.15) is 0 Å². The summed E-state index contributed by atoms with van der Waals surface area (Å²) in [6.07, 6.45) is 3.29. The van der Waals surface area contributed by atoms with Crippen molar-refractivity contribution in [2.45, 2.75) is 13.0 Å². The number of methoxy groups -OCH3 is 1. The average Bonchev–Trinajstić information content (AvgIpc) is 2.59. The maximum absolute atomic E-state index is 13.0. The van der Waals surface area contributed by atoms with E-state index < -0.39 is 0 Å². The van der Waals surface area contributed by atoms with E-state index in [-0.39, 0.29) is 17.8 Å². The minimum Gasteiger partial charge on any atom is -0.497 e. The summed E-state index contributed by atoms with van der Waals surface area (Å²) in [5.74, 6) is 0.377. The number of hydrogen-bond acceptors (Lipinski definition) is 2. The van der Waals surface area contributed by atoms with E-state index in [9.17, 15) is 9.18 Å². The van der Waals surface area contributed by atoms with Crippen LogP contribution in [0.15, 0.2) is 54.6 Å². The second-order valence-electron chi connectivity index (χ2n) is 5.28. The molecule has 0 spiro atoms. The average molecular weight is 313 g/mol. The lowest BCUT2D eigenvalue weighted by atomic mass is 10.1. The first-order chi connectivity index (χ1) is 11.0. The van der Waals surface area contributed by atoms with Crippen molar-refractivity contribution in [3.05, 3.63) is 71.6 Å². The number of amides is 1. The molecule has 0 aliphatic carbocycles. The van der Waals surface area contributed by atoms with Crippen LogP contribution in [0.1, 0.15) is 24.1 Å². The van der Waals surface area contributed by atoms with Gasteiger partial charge in [0, 0.05) is 13.1 Å². The normalized spacial score (nSPS) is 12.2. The van der Waals surface area contributed by atoms with Gasteiger partial charge in [0.1, 0.15) is 11.6 Å². The largest absolute Gasteiger partial charge is 0.497 e. The van der Waals surface area contributed by atoms with E-state index >= 15 is 0 Å². The Labute approximate surface area is 136 Å². The van der Waals surface area contributed by atoms with Gasteiger partial charge in [-0.25, -0.2) is 4.39 Å². The van der Waals surface area contributed by atoms with Crippen molar-refractivity contribution in [2.24, 2.45) is 0 Å². The van der Waals surface area contributed by atoms with Crippen LogP contribution < -0.4 is 4.74 Å². The van der Waals surface area contributed by atoms with Crippen molar-refractivity contribution >= 4 is 12.0 Å². The summed E-state index contributed by atoms with van der Waals surface area (Å²) < 4.78 is 18.1. The highest BCUT2D eigenvalue weighted by atomic mass is 19.1. The van der Waals surface area contributed by atoms with Gasteiger partial charge in [-0.05, 0) is 48.4 Å². The number of nitrogens with zero attached hydrogens (tertiary/aromatic N) is 1. The van der Waals surface area contributed by atoms with Gasteiger partial charge in [0.2, 0.25) is 5.91 Å². The Morgan fingerprint density at radius 1 is 1.13 bits per heavy atom. The van der Waals surface area contributed by atoms with Crippen molar-refractivity contribution in [3.63, 3.8) is 0 Å². The summed E-state index contributed by atoms with van der Waals surface area (Å²) in [7, 11) is 3.34. The monoisotopic (exact) mass is 313 g/mol. The van der Waals surface area contributed by atoms with Crippen molar-refractivity contribution in [3.8, 4) is 5.75 Å². The molecule has 0 bridgehead atoms. The predicted molar refractivity (Wildman–Crippen MR) is 89.6 cm³/mol. The molecule has 2 aromatic carbocycles. The molecule has 0 radical (unpaired) electrons. The first kappa shape index (κ1) is 16.7. The molecule has 1 unspecified atom stereocenters. The van der Waals surface area contributed by atoms with Gasteiger partial charge in [-0.15, -0.1) is 0 Å². The van der Waals surface area contributed by atoms with Crippen LogP contribution in [0.4, 0.5) is 4.39 Å². The maximum Gasteiger partial charge on any atom is 0.246 e. The highest BCUT2D eigenvalue weighted by molar-refractivity contribution is 5.91. The Morgan fingerprint density at radius 2 is 1.74 bits per heavy atom. The maximum atomic E-state index is 13.0. The molecule has 1 atom stereocenters. The predicted octanol–water partition coefficient (Wildman–Crippen LogP) is 4.07. The lowest BCUT2D eigenvalue weighted by Gasteiger charge is -2.24. The van der Waals surface area contributed by atoms with E-state index in [4.69, 9.17) is 4.74 Å². The molecule has 0 N–H and O–H groups in total. The zero-order valence-corrected chi connectivity index (χ0v) is 13.5. The Balaban J connectivity index is 2.03. The van der Waals surface area contributed by atoms with Gasteiger partial charge in [0.25, 0.3) is 0 Å². The molecule has 23 heavy (non-hydrogen) atoms. The molecule has 0 heterocycles. The molecular weight excluding hydrogens is 293 g/mol. The van der Waals surface area contributed by atoms with Gasteiger partial charge in [-0.3, -0.25) is 4.79 Å². The van der Waals surface area contributed by atoms with E-state index in [1.54, 1.807) is 37.3 Å². The van der Waals surface area contributed by atoms with Crippen LogP contribution in [0.2, 0.25) is 0 Å². The molecule has 4 heteroatoms. The lowest BCUT2D eigenvalue weighted by Crippen LogP contribution is -2.27. The van der Waals surface area contributed by atoms with Gasteiger partial charge in [0.05, 0.1) is 13.2 Å². The molecule has 0 saturated heterocycles. The summed E-state index contributed by atoms with van der Waals surface area (Å²) >= 11 is 0. The molecule has 0 saturated carbocycles. The van der Waals surface area contributed by atoms with Crippen LogP contribution in [-0.4, -0.2) is 25.0 Å². The van der Waals surface area contributed by atoms with E-state index in [2.05, 4.69) is 0 Å². The second-order valence-corrected chi connectivity index (χ2v) is 5.28. The number of carbonyl (C=O) groups is 1. The molecular formula is C19H20FNO2. The summed E-state index contributed by atoms with van der Waals surface area (Å²) in [5, 5.41) is 0. The van der Waals surface area contributed by atoms with Gasteiger partial charge >= 0.3 is 0 Å². The molecule has 0 aromatic heterocycles. The van der Waals surface area contributed by atoms with Crippen molar-refractivity contribution < 1.29 is 13.9 Å². The molecule has 0 aliphatic rings. The zero-order valence-electron chi connectivity index (χ0n) is 13.5. The first-order valence-corrected chi connectivity index (χ1v) is 7.35. The molecule has 2 aromatic rings. The fourth-order valence-electron chi connectivity index (χ4n) is 2.16. The molecule has 0 aliphatic heterocycles. The Kier molecular flexibility index (Phi) is 5.52. The number of rotatable bonds is 5. The van der Waals surface area contributed by atoms with Crippen molar-refractivity contribution in [1.29, 1.82) is 0 Å². The third kappa shape index (κ3) is 4.42. The summed E-state index contributed by atoms with van der Waals surface area (Å²) in [4.78, 5) is 13.9. The Hall–Kier alpha value is -2.62. The number of carbonyl (C=O) groups excluding carboxylic acids is 1. The highest BCUT2D eigenvalue weighted by Crippen LogP contribution is 2.19. The number of benzene rings is 2. The van der Waals surface area contributed by atoms with E-state index in [0.717, 1.165) is 16.9 Å². The lowest BCUT2D eigenvalue weighted by molar-refractivity contribution is -0.126. The zero-order chi connectivity index (χ0) is 16.8. The van der Waals surface area contributed by atoms with Gasteiger partial charge in [0.15, 0.2) is 0 Å². The third-order valence-electron chi connectivity index (χ3n) is 3.82. The van der Waals surface area contributed by atoms with Crippen LogP contribution in [0.25, 0.3) is 6.08 Å². The molecule has 3 nitrogen and oxygen atoms in total. The summed E-state index contributed by atoms with van der Waals surface area (Å²) in [6, 6.07) is 13.5. The summed E-state index contributed by atoms with van der Waals surface area (Å²) in [6.45, 7) is 1.91. The minimum atomic E-state index is -0.283. The Bertz CT molecular complexity index is 678. The number of ether oxygens (including phenoxy) is 1. The van der Waals surface area contributed by atoms with Gasteiger partial charge < -0.3 is 9.64 Å². The quantitative estimate of drug-likeness (QED) is 0.779. The fourth-order valence-corrected chi connectivity index (χ4v) is 2.16. The minimum absolute atomic E-state index is 0.113. The molecule has 120 valence electrons. The summed E-state index contributed by atoms with van der Waals surface area (Å²) in [5.41, 5.74) is 1.81. The van der Waals surface area contributed by atoms with Crippen LogP contribution in [-0.2, 0) is 4.79 Å². The fraction of sp³-hybridized carbons (Fsp3) is 0.211. The van der Waals surface area contributed by atoms with E-state index in [0.29, 0.717) is 0 Å². The molecule has 0 fully saturated rings. The highest BCUT2D eigenvalue weighted by Gasteiger charge is 2.15. The first-order valence-electron chi connectivity index (χ1n) is 7.35. The molecule has 1 amide bonds. The van der Waals surface area contributed by atoms with Crippen LogP contribution in [0.5, 0.6) is 5.75 Å². The van der Waals surface area contributed by atoms with Crippen molar-refractivity contribution in [2.75, 3.05) is 14.2 Å². The smallest absolute Gasteiger partial charge is 0.246 e. The Morgan fingerprint density at radius 3 is 2.30 bits per heavy atom.